The molecule has 2 aromatic rings. The Morgan fingerprint density at radius 2 is 1.70 bits per heavy atom. The Labute approximate surface area is 232 Å². The number of piperidine rings is 2. The number of amides is 1. The number of carbonyl (C=O) groups excluding carboxylic acids is 2. The molecule has 2 aliphatic rings. The van der Waals surface area contributed by atoms with Gasteiger partial charge in [-0.2, -0.15) is 13.2 Å². The second kappa shape index (κ2) is 11.8. The predicted octanol–water partition coefficient (Wildman–Crippen LogP) is 4.09. The van der Waals surface area contributed by atoms with Crippen LogP contribution in [-0.4, -0.2) is 81.4 Å². The number of hydrogen-bond acceptors (Lipinski definition) is 7. The summed E-state index contributed by atoms with van der Waals surface area (Å²) in [6.45, 7) is 3.95. The van der Waals surface area contributed by atoms with Gasteiger partial charge in [-0.1, -0.05) is 24.3 Å². The molecular weight excluding hydrogens is 549 g/mol. The van der Waals surface area contributed by atoms with Crippen LogP contribution in [0.1, 0.15) is 42.1 Å². The molecule has 1 atom stereocenters. The van der Waals surface area contributed by atoms with Gasteiger partial charge in [-0.3, -0.25) is 9.69 Å². The summed E-state index contributed by atoms with van der Waals surface area (Å²) in [4.78, 5) is 28.7. The molecule has 1 amide bonds. The van der Waals surface area contributed by atoms with E-state index in [1.165, 1.54) is 24.3 Å². The van der Waals surface area contributed by atoms with Crippen LogP contribution in [0.25, 0.3) is 0 Å². The van der Waals surface area contributed by atoms with Crippen molar-refractivity contribution in [2.45, 2.75) is 49.9 Å². The Balaban J connectivity index is 1.50. The molecule has 2 aliphatic heterocycles. The van der Waals surface area contributed by atoms with Crippen molar-refractivity contribution in [3.63, 3.8) is 0 Å². The molecule has 0 radical (unpaired) electrons. The highest BCUT2D eigenvalue weighted by molar-refractivity contribution is 7.90. The van der Waals surface area contributed by atoms with E-state index in [4.69, 9.17) is 9.47 Å². The second-order valence-electron chi connectivity index (χ2n) is 10.4. The van der Waals surface area contributed by atoms with Gasteiger partial charge < -0.3 is 14.4 Å². The summed E-state index contributed by atoms with van der Waals surface area (Å²) in [6.07, 6.45) is -3.88. The molecule has 1 unspecified atom stereocenters. The fourth-order valence-corrected chi connectivity index (χ4v) is 6.17. The fraction of sp³-hybridized carbons (Fsp3) is 0.500. The Bertz CT molecular complexity index is 1340. The third-order valence-electron chi connectivity index (χ3n) is 7.74. The lowest BCUT2D eigenvalue weighted by molar-refractivity contribution is -0.216. The lowest BCUT2D eigenvalue weighted by Crippen LogP contribution is -2.57. The normalized spacial score (nSPS) is 19.8. The summed E-state index contributed by atoms with van der Waals surface area (Å²) >= 11 is 0. The van der Waals surface area contributed by atoms with Crippen LogP contribution < -0.4 is 4.74 Å². The Hall–Kier alpha value is -3.12. The number of esters is 1. The SMILES string of the molecule is CCOc1ccccc1CN1CCC2(CCN(C(=O)c3cccc(S(C)(=O)=O)c3)CC2)C(OC(=O)C(F)(F)F)C1. The van der Waals surface area contributed by atoms with Crippen LogP contribution in [-0.2, 0) is 25.9 Å². The molecule has 4 rings (SSSR count). The maximum absolute atomic E-state index is 13.2. The van der Waals surface area contributed by atoms with Crippen molar-refractivity contribution in [1.29, 1.82) is 0 Å². The lowest BCUT2D eigenvalue weighted by Gasteiger charge is -2.51. The molecule has 2 saturated heterocycles. The van der Waals surface area contributed by atoms with Gasteiger partial charge in [0.1, 0.15) is 11.9 Å². The van der Waals surface area contributed by atoms with E-state index in [1.54, 1.807) is 4.90 Å². The smallest absolute Gasteiger partial charge is 0.490 e. The van der Waals surface area contributed by atoms with Crippen LogP contribution in [0.5, 0.6) is 5.75 Å². The first-order chi connectivity index (χ1) is 18.8. The Morgan fingerprint density at radius 1 is 1.02 bits per heavy atom. The number of alkyl halides is 3. The molecule has 218 valence electrons. The van der Waals surface area contributed by atoms with E-state index in [2.05, 4.69) is 0 Å². The average Bonchev–Trinajstić information content (AvgIpc) is 2.91. The van der Waals surface area contributed by atoms with Crippen LogP contribution >= 0.6 is 0 Å². The molecule has 40 heavy (non-hydrogen) atoms. The highest BCUT2D eigenvalue weighted by Crippen LogP contribution is 2.44. The van der Waals surface area contributed by atoms with Crippen LogP contribution in [0.3, 0.4) is 0 Å². The first kappa shape index (κ1) is 29.9. The van der Waals surface area contributed by atoms with Gasteiger partial charge in [-0.25, -0.2) is 13.2 Å². The monoisotopic (exact) mass is 582 g/mol. The number of rotatable bonds is 7. The number of nitrogens with zero attached hydrogens (tertiary/aromatic N) is 2. The van der Waals surface area contributed by atoms with E-state index < -0.39 is 33.5 Å². The van der Waals surface area contributed by atoms with E-state index in [9.17, 15) is 31.2 Å². The van der Waals surface area contributed by atoms with E-state index in [0.717, 1.165) is 11.8 Å². The van der Waals surface area contributed by atoms with Crippen molar-refractivity contribution in [2.75, 3.05) is 39.0 Å². The third kappa shape index (κ3) is 6.77. The van der Waals surface area contributed by atoms with Gasteiger partial charge in [-0.15, -0.1) is 0 Å². The number of para-hydroxylation sites is 1. The molecule has 12 heteroatoms. The van der Waals surface area contributed by atoms with Crippen LogP contribution in [0.4, 0.5) is 13.2 Å². The molecule has 2 fully saturated rings. The van der Waals surface area contributed by atoms with E-state index in [0.29, 0.717) is 44.7 Å². The van der Waals surface area contributed by atoms with Crippen LogP contribution in [0.2, 0.25) is 0 Å². The third-order valence-corrected chi connectivity index (χ3v) is 8.85. The van der Waals surface area contributed by atoms with Crippen LogP contribution in [0.15, 0.2) is 53.4 Å². The molecule has 2 aromatic carbocycles. The number of carbonyl (C=O) groups is 2. The number of sulfone groups is 1. The number of hydrogen-bond donors (Lipinski definition) is 0. The van der Waals surface area contributed by atoms with Gasteiger partial charge in [0.25, 0.3) is 5.91 Å². The maximum atomic E-state index is 13.2. The minimum atomic E-state index is -5.12. The summed E-state index contributed by atoms with van der Waals surface area (Å²) in [7, 11) is -3.50. The van der Waals surface area contributed by atoms with Crippen molar-refractivity contribution >= 4 is 21.7 Å². The topological polar surface area (TPSA) is 93.2 Å². The van der Waals surface area contributed by atoms with Crippen molar-refractivity contribution < 1.29 is 40.7 Å². The molecule has 8 nitrogen and oxygen atoms in total. The summed E-state index contributed by atoms with van der Waals surface area (Å²) in [6, 6.07) is 13.2. The summed E-state index contributed by atoms with van der Waals surface area (Å²) in [5.41, 5.74) is 0.391. The zero-order valence-electron chi connectivity index (χ0n) is 22.4. The highest BCUT2D eigenvalue weighted by atomic mass is 32.2. The van der Waals surface area contributed by atoms with Gasteiger partial charge in [0.05, 0.1) is 11.5 Å². The molecule has 2 heterocycles. The van der Waals surface area contributed by atoms with Gasteiger partial charge in [-0.05, 0) is 57.0 Å². The molecule has 0 saturated carbocycles. The average molecular weight is 583 g/mol. The summed E-state index contributed by atoms with van der Waals surface area (Å²) < 4.78 is 74.3. The van der Waals surface area contributed by atoms with Gasteiger partial charge >= 0.3 is 12.1 Å². The van der Waals surface area contributed by atoms with Crippen molar-refractivity contribution in [3.05, 3.63) is 59.7 Å². The van der Waals surface area contributed by atoms with E-state index in [1.807, 2.05) is 36.1 Å². The zero-order valence-corrected chi connectivity index (χ0v) is 23.3. The Kier molecular flexibility index (Phi) is 8.79. The molecule has 1 spiro atoms. The number of ether oxygens (including phenoxy) is 2. The van der Waals surface area contributed by atoms with Gasteiger partial charge in [0.2, 0.25) is 0 Å². The summed E-state index contributed by atoms with van der Waals surface area (Å²) in [5, 5.41) is 0. The largest absolute Gasteiger partial charge is 0.494 e. The van der Waals surface area contributed by atoms with Crippen molar-refractivity contribution in [3.8, 4) is 5.75 Å². The summed E-state index contributed by atoms with van der Waals surface area (Å²) in [5.74, 6) is -1.88. The molecule has 0 N–H and O–H groups in total. The first-order valence-corrected chi connectivity index (χ1v) is 15.0. The van der Waals surface area contributed by atoms with Crippen LogP contribution in [0, 0.1) is 5.41 Å². The second-order valence-corrected chi connectivity index (χ2v) is 12.4. The quantitative estimate of drug-likeness (QED) is 0.454. The van der Waals surface area contributed by atoms with E-state index >= 15 is 0 Å². The van der Waals surface area contributed by atoms with Gasteiger partial charge in [0.15, 0.2) is 9.84 Å². The van der Waals surface area contributed by atoms with E-state index in [-0.39, 0.29) is 36.0 Å². The molecule has 0 bridgehead atoms. The predicted molar refractivity (Wildman–Crippen MR) is 141 cm³/mol. The first-order valence-electron chi connectivity index (χ1n) is 13.1. The number of likely N-dealkylation sites (tertiary alicyclic amines) is 2. The lowest BCUT2D eigenvalue weighted by atomic mass is 9.69. The van der Waals surface area contributed by atoms with Crippen molar-refractivity contribution in [1.82, 2.24) is 9.80 Å². The standard InChI is InChI=1S/C28H33F3N2O6S/c1-3-38-23-10-5-4-7-21(23)18-32-14-11-27(24(19-32)39-26(35)28(29,30)31)12-15-33(16-13-27)25(34)20-8-6-9-22(17-20)40(2,36)37/h4-10,17,24H,3,11-16,18-19H2,1-2H3. The minimum absolute atomic E-state index is 0.0317. The number of halogens is 3. The molecule has 0 aliphatic carbocycles. The molecule has 0 aromatic heterocycles. The fourth-order valence-electron chi connectivity index (χ4n) is 5.50. The maximum Gasteiger partial charge on any atom is 0.490 e. The minimum Gasteiger partial charge on any atom is -0.494 e. The molecular formula is C28H33F3N2O6S. The van der Waals surface area contributed by atoms with Gasteiger partial charge in [0, 0.05) is 49.0 Å². The highest BCUT2D eigenvalue weighted by Gasteiger charge is 2.51. The number of benzene rings is 2. The zero-order chi connectivity index (χ0) is 29.1. The Morgan fingerprint density at radius 3 is 2.35 bits per heavy atom. The van der Waals surface area contributed by atoms with Crippen molar-refractivity contribution in [2.24, 2.45) is 5.41 Å².